The summed E-state index contributed by atoms with van der Waals surface area (Å²) in [5, 5.41) is 5.43. The van der Waals surface area contributed by atoms with Gasteiger partial charge in [0.15, 0.2) is 0 Å². The molecule has 0 aliphatic rings. The highest BCUT2D eigenvalue weighted by Crippen LogP contribution is 2.26. The first kappa shape index (κ1) is 12.9. The van der Waals surface area contributed by atoms with E-state index < -0.39 is 0 Å². The van der Waals surface area contributed by atoms with Gasteiger partial charge in [-0.1, -0.05) is 12.1 Å². The number of nitrogens with one attached hydrogen (secondary N) is 1. The van der Waals surface area contributed by atoms with Gasteiger partial charge in [-0.05, 0) is 24.1 Å². The van der Waals surface area contributed by atoms with E-state index in [1.807, 2.05) is 36.5 Å². The van der Waals surface area contributed by atoms with E-state index in [1.54, 1.807) is 0 Å². The first-order valence-electron chi connectivity index (χ1n) is 7.36. The van der Waals surface area contributed by atoms with Gasteiger partial charge < -0.3 is 9.55 Å². The lowest BCUT2D eigenvalue weighted by Gasteiger charge is -2.08. The number of rotatable bonds is 4. The number of aromatic amines is 1. The van der Waals surface area contributed by atoms with Crippen LogP contribution in [0.5, 0.6) is 0 Å². The van der Waals surface area contributed by atoms with Gasteiger partial charge in [-0.15, -0.1) is 0 Å². The normalized spacial score (nSPS) is 11.3. The molecule has 0 aliphatic carbocycles. The molecule has 3 heterocycles. The fourth-order valence-electron chi connectivity index (χ4n) is 2.86. The Morgan fingerprint density at radius 3 is 3.05 bits per heavy atom. The molecule has 0 bridgehead atoms. The molecule has 0 aliphatic heterocycles. The van der Waals surface area contributed by atoms with Crippen LogP contribution in [-0.2, 0) is 20.0 Å². The van der Waals surface area contributed by atoms with Crippen LogP contribution < -0.4 is 0 Å². The third-order valence-electron chi connectivity index (χ3n) is 3.94. The maximum Gasteiger partial charge on any atom is 0.142 e. The Morgan fingerprint density at radius 2 is 2.18 bits per heavy atom. The second-order valence-electron chi connectivity index (χ2n) is 5.46. The quantitative estimate of drug-likeness (QED) is 0.628. The lowest BCUT2D eigenvalue weighted by Crippen LogP contribution is -2.02. The molecule has 0 amide bonds. The summed E-state index contributed by atoms with van der Waals surface area (Å²) in [4.78, 5) is 7.87. The van der Waals surface area contributed by atoms with Crippen LogP contribution in [0.25, 0.3) is 22.3 Å². The summed E-state index contributed by atoms with van der Waals surface area (Å²) in [5.41, 5.74) is 3.51. The Hall–Kier alpha value is -2.82. The van der Waals surface area contributed by atoms with E-state index in [9.17, 15) is 0 Å². The van der Waals surface area contributed by atoms with Crippen molar-refractivity contribution in [2.24, 2.45) is 7.05 Å². The minimum Gasteiger partial charge on any atom is -0.361 e. The van der Waals surface area contributed by atoms with Crippen molar-refractivity contribution in [1.29, 1.82) is 0 Å². The van der Waals surface area contributed by atoms with E-state index in [0.29, 0.717) is 0 Å². The van der Waals surface area contributed by atoms with Crippen molar-refractivity contribution < 1.29 is 0 Å². The van der Waals surface area contributed by atoms with E-state index in [2.05, 4.69) is 50.1 Å². The minimum absolute atomic E-state index is 0.887. The molecule has 1 aromatic carbocycles. The Morgan fingerprint density at radius 1 is 1.23 bits per heavy atom. The van der Waals surface area contributed by atoms with Crippen LogP contribution in [0.2, 0.25) is 0 Å². The van der Waals surface area contributed by atoms with Crippen molar-refractivity contribution in [2.45, 2.75) is 13.0 Å². The molecule has 0 fully saturated rings. The zero-order valence-corrected chi connectivity index (χ0v) is 12.4. The van der Waals surface area contributed by atoms with Gasteiger partial charge in [-0.2, -0.15) is 5.10 Å². The van der Waals surface area contributed by atoms with Gasteiger partial charge in [-0.25, -0.2) is 4.98 Å². The van der Waals surface area contributed by atoms with Crippen LogP contribution in [0.15, 0.2) is 55.2 Å². The molecule has 3 aromatic heterocycles. The molecule has 22 heavy (non-hydrogen) atoms. The van der Waals surface area contributed by atoms with Gasteiger partial charge in [0.2, 0.25) is 0 Å². The molecule has 5 nitrogen and oxygen atoms in total. The van der Waals surface area contributed by atoms with E-state index in [0.717, 1.165) is 29.9 Å². The predicted octanol–water partition coefficient (Wildman–Crippen LogP) is 3.01. The maximum absolute atomic E-state index is 4.56. The summed E-state index contributed by atoms with van der Waals surface area (Å²) in [6.45, 7) is 0.887. The molecule has 0 atom stereocenters. The standard InChI is InChI=1S/C17H17N5/c1-21-12-13(11-20-21)6-9-22-10-8-19-17(22)15-4-2-3-14-5-7-18-16(14)15/h2-5,7-8,10-12,18H,6,9H2,1H3. The number of H-pyrrole nitrogens is 1. The molecule has 0 saturated carbocycles. The zero-order valence-electron chi connectivity index (χ0n) is 12.4. The number of hydrogen-bond acceptors (Lipinski definition) is 2. The van der Waals surface area contributed by atoms with Gasteiger partial charge in [0, 0.05) is 49.3 Å². The fraction of sp³-hybridized carbons (Fsp3) is 0.176. The Labute approximate surface area is 128 Å². The topological polar surface area (TPSA) is 51.4 Å². The van der Waals surface area contributed by atoms with Crippen molar-refractivity contribution in [3.63, 3.8) is 0 Å². The molecule has 0 spiro atoms. The largest absolute Gasteiger partial charge is 0.361 e. The molecule has 0 radical (unpaired) electrons. The van der Waals surface area contributed by atoms with E-state index in [-0.39, 0.29) is 0 Å². The van der Waals surface area contributed by atoms with Crippen LogP contribution in [0.3, 0.4) is 0 Å². The number of nitrogens with zero attached hydrogens (tertiary/aromatic N) is 4. The van der Waals surface area contributed by atoms with Crippen LogP contribution >= 0.6 is 0 Å². The third-order valence-corrected chi connectivity index (χ3v) is 3.94. The number of benzene rings is 1. The average Bonchev–Trinajstić information content (AvgIpc) is 3.24. The Balaban J connectivity index is 1.66. The highest BCUT2D eigenvalue weighted by molar-refractivity contribution is 5.92. The zero-order chi connectivity index (χ0) is 14.9. The molecule has 110 valence electrons. The lowest BCUT2D eigenvalue weighted by atomic mass is 10.1. The number of para-hydroxylation sites is 1. The fourth-order valence-corrected chi connectivity index (χ4v) is 2.86. The molecule has 0 saturated heterocycles. The molecule has 1 N–H and O–H groups in total. The number of aromatic nitrogens is 5. The van der Waals surface area contributed by atoms with Crippen molar-refractivity contribution in [3.8, 4) is 11.4 Å². The van der Waals surface area contributed by atoms with Gasteiger partial charge in [0.1, 0.15) is 5.82 Å². The smallest absolute Gasteiger partial charge is 0.142 e. The summed E-state index contributed by atoms with van der Waals surface area (Å²) in [5.74, 6) is 0.997. The minimum atomic E-state index is 0.887. The summed E-state index contributed by atoms with van der Waals surface area (Å²) >= 11 is 0. The maximum atomic E-state index is 4.56. The number of hydrogen-bond donors (Lipinski definition) is 1. The Bertz CT molecular complexity index is 912. The SMILES string of the molecule is Cn1cc(CCn2ccnc2-c2cccc3cc[nH]c23)cn1. The lowest BCUT2D eigenvalue weighted by molar-refractivity contribution is 0.702. The van der Waals surface area contributed by atoms with E-state index >= 15 is 0 Å². The molecular weight excluding hydrogens is 274 g/mol. The summed E-state index contributed by atoms with van der Waals surface area (Å²) in [7, 11) is 1.94. The van der Waals surface area contributed by atoms with Crippen LogP contribution in [-0.4, -0.2) is 24.3 Å². The van der Waals surface area contributed by atoms with Crippen molar-refractivity contribution in [3.05, 3.63) is 60.8 Å². The number of aryl methyl sites for hydroxylation is 3. The molecule has 0 unspecified atom stereocenters. The van der Waals surface area contributed by atoms with Gasteiger partial charge >= 0.3 is 0 Å². The number of imidazole rings is 1. The second-order valence-corrected chi connectivity index (χ2v) is 5.46. The van der Waals surface area contributed by atoms with Crippen molar-refractivity contribution >= 4 is 10.9 Å². The van der Waals surface area contributed by atoms with E-state index in [4.69, 9.17) is 0 Å². The number of fused-ring (bicyclic) bond motifs is 1. The van der Waals surface area contributed by atoms with Crippen molar-refractivity contribution in [2.75, 3.05) is 0 Å². The van der Waals surface area contributed by atoms with Crippen LogP contribution in [0.1, 0.15) is 5.56 Å². The predicted molar refractivity (Wildman–Crippen MR) is 86.4 cm³/mol. The first-order valence-corrected chi connectivity index (χ1v) is 7.36. The van der Waals surface area contributed by atoms with Gasteiger partial charge in [-0.3, -0.25) is 4.68 Å². The highest BCUT2D eigenvalue weighted by atomic mass is 15.2. The van der Waals surface area contributed by atoms with Gasteiger partial charge in [0.05, 0.1) is 11.7 Å². The molecule has 4 aromatic rings. The monoisotopic (exact) mass is 291 g/mol. The highest BCUT2D eigenvalue weighted by Gasteiger charge is 2.10. The Kier molecular flexibility index (Phi) is 3.04. The average molecular weight is 291 g/mol. The van der Waals surface area contributed by atoms with Crippen LogP contribution in [0, 0.1) is 0 Å². The molecular formula is C17H17N5. The van der Waals surface area contributed by atoms with Crippen molar-refractivity contribution in [1.82, 2.24) is 24.3 Å². The molecule has 5 heteroatoms. The summed E-state index contributed by atoms with van der Waals surface area (Å²) < 4.78 is 4.03. The van der Waals surface area contributed by atoms with E-state index in [1.165, 1.54) is 10.9 Å². The second kappa shape index (κ2) is 5.18. The third kappa shape index (κ3) is 2.20. The summed E-state index contributed by atoms with van der Waals surface area (Å²) in [6, 6.07) is 8.38. The molecule has 4 rings (SSSR count). The van der Waals surface area contributed by atoms with Gasteiger partial charge in [0.25, 0.3) is 0 Å². The first-order chi connectivity index (χ1) is 10.8. The summed E-state index contributed by atoms with van der Waals surface area (Å²) in [6.07, 6.45) is 10.8. The van der Waals surface area contributed by atoms with Crippen LogP contribution in [0.4, 0.5) is 0 Å².